The maximum Gasteiger partial charge on any atom is 0.340 e. The minimum atomic E-state index is -0.318. The largest absolute Gasteiger partial charge is 0.460 e. The Morgan fingerprint density at radius 2 is 1.65 bits per heavy atom. The number of aromatic amines is 1. The standard InChI is InChI=1S/C14H23NO5/c1-11-10-15-12(2)13(11)14(16)20-9-8-19-7-6-18-5-4-17-3/h10,15H,4-9H2,1-3H3. The number of ether oxygens (including phenoxy) is 4. The third-order valence-electron chi connectivity index (χ3n) is 2.74. The molecule has 0 unspecified atom stereocenters. The van der Waals surface area contributed by atoms with E-state index in [2.05, 4.69) is 4.98 Å². The van der Waals surface area contributed by atoms with Crippen molar-refractivity contribution in [1.29, 1.82) is 0 Å². The highest BCUT2D eigenvalue weighted by Crippen LogP contribution is 2.13. The summed E-state index contributed by atoms with van der Waals surface area (Å²) < 4.78 is 20.5. The zero-order valence-electron chi connectivity index (χ0n) is 12.4. The topological polar surface area (TPSA) is 69.8 Å². The summed E-state index contributed by atoms with van der Waals surface area (Å²) in [5.41, 5.74) is 2.31. The number of aromatic nitrogens is 1. The van der Waals surface area contributed by atoms with E-state index in [4.69, 9.17) is 18.9 Å². The van der Waals surface area contributed by atoms with Gasteiger partial charge in [-0.25, -0.2) is 4.79 Å². The molecule has 114 valence electrons. The molecule has 1 aromatic heterocycles. The Bertz CT molecular complexity index is 383. The lowest BCUT2D eigenvalue weighted by atomic mass is 10.2. The van der Waals surface area contributed by atoms with Crippen molar-refractivity contribution >= 4 is 5.97 Å². The Labute approximate surface area is 119 Å². The molecule has 0 aliphatic rings. The number of nitrogens with one attached hydrogen (secondary N) is 1. The highest BCUT2D eigenvalue weighted by Gasteiger charge is 2.14. The number of rotatable bonds is 10. The van der Waals surface area contributed by atoms with Crippen LogP contribution in [0.1, 0.15) is 21.6 Å². The Kier molecular flexibility index (Phi) is 7.94. The van der Waals surface area contributed by atoms with Crippen LogP contribution in [-0.2, 0) is 18.9 Å². The molecule has 0 fully saturated rings. The number of carbonyl (C=O) groups is 1. The van der Waals surface area contributed by atoms with Crippen LogP contribution >= 0.6 is 0 Å². The third-order valence-corrected chi connectivity index (χ3v) is 2.74. The fourth-order valence-corrected chi connectivity index (χ4v) is 1.70. The van der Waals surface area contributed by atoms with Gasteiger partial charge in [0.1, 0.15) is 6.61 Å². The Morgan fingerprint density at radius 1 is 1.05 bits per heavy atom. The van der Waals surface area contributed by atoms with Gasteiger partial charge in [-0.1, -0.05) is 0 Å². The lowest BCUT2D eigenvalue weighted by molar-refractivity contribution is 0.00566. The normalized spacial score (nSPS) is 10.8. The average Bonchev–Trinajstić information content (AvgIpc) is 2.76. The molecule has 0 saturated heterocycles. The predicted molar refractivity (Wildman–Crippen MR) is 74.1 cm³/mol. The van der Waals surface area contributed by atoms with Crippen molar-refractivity contribution in [3.05, 3.63) is 23.0 Å². The summed E-state index contributed by atoms with van der Waals surface area (Å²) in [5.74, 6) is -0.318. The number of carbonyl (C=O) groups excluding carboxylic acids is 1. The molecule has 1 rings (SSSR count). The smallest absolute Gasteiger partial charge is 0.340 e. The van der Waals surface area contributed by atoms with E-state index in [1.54, 1.807) is 13.3 Å². The van der Waals surface area contributed by atoms with Gasteiger partial charge in [-0.2, -0.15) is 0 Å². The van der Waals surface area contributed by atoms with Crippen LogP contribution in [-0.4, -0.2) is 57.7 Å². The maximum absolute atomic E-state index is 11.8. The van der Waals surface area contributed by atoms with E-state index < -0.39 is 0 Å². The molecule has 0 saturated carbocycles. The zero-order valence-corrected chi connectivity index (χ0v) is 12.4. The van der Waals surface area contributed by atoms with E-state index in [9.17, 15) is 4.79 Å². The minimum Gasteiger partial charge on any atom is -0.460 e. The molecule has 0 amide bonds. The van der Waals surface area contributed by atoms with Crippen molar-refractivity contribution in [2.24, 2.45) is 0 Å². The van der Waals surface area contributed by atoms with Gasteiger partial charge in [0.25, 0.3) is 0 Å². The second-order valence-corrected chi connectivity index (χ2v) is 4.33. The van der Waals surface area contributed by atoms with Crippen molar-refractivity contribution in [1.82, 2.24) is 4.98 Å². The van der Waals surface area contributed by atoms with Gasteiger partial charge in [-0.3, -0.25) is 0 Å². The van der Waals surface area contributed by atoms with E-state index in [1.165, 1.54) is 0 Å². The number of esters is 1. The van der Waals surface area contributed by atoms with Gasteiger partial charge in [-0.05, 0) is 19.4 Å². The summed E-state index contributed by atoms with van der Waals surface area (Å²) >= 11 is 0. The van der Waals surface area contributed by atoms with Gasteiger partial charge in [0, 0.05) is 19.0 Å². The molecule has 1 N–H and O–H groups in total. The molecule has 0 bridgehead atoms. The molecular formula is C14H23NO5. The number of hydrogen-bond donors (Lipinski definition) is 1. The van der Waals surface area contributed by atoms with Crippen LogP contribution in [0.25, 0.3) is 0 Å². The number of H-pyrrole nitrogens is 1. The first-order valence-corrected chi connectivity index (χ1v) is 6.63. The van der Waals surface area contributed by atoms with E-state index in [-0.39, 0.29) is 12.6 Å². The Hall–Kier alpha value is -1.37. The molecule has 0 spiro atoms. The summed E-state index contributed by atoms with van der Waals surface area (Å²) in [5, 5.41) is 0. The summed E-state index contributed by atoms with van der Waals surface area (Å²) in [4.78, 5) is 14.8. The van der Waals surface area contributed by atoms with Gasteiger partial charge < -0.3 is 23.9 Å². The molecule has 6 heteroatoms. The molecule has 1 heterocycles. The first kappa shape index (κ1) is 16.7. The summed E-state index contributed by atoms with van der Waals surface area (Å²) in [7, 11) is 1.63. The number of aryl methyl sites for hydroxylation is 2. The fraction of sp³-hybridized carbons (Fsp3) is 0.643. The lowest BCUT2D eigenvalue weighted by Crippen LogP contribution is -2.14. The number of methoxy groups -OCH3 is 1. The molecule has 6 nitrogen and oxygen atoms in total. The Morgan fingerprint density at radius 3 is 2.20 bits per heavy atom. The van der Waals surface area contributed by atoms with Crippen LogP contribution < -0.4 is 0 Å². The molecule has 20 heavy (non-hydrogen) atoms. The predicted octanol–water partition coefficient (Wildman–Crippen LogP) is 1.47. The van der Waals surface area contributed by atoms with Crippen molar-refractivity contribution in [2.75, 3.05) is 46.8 Å². The molecule has 1 aromatic rings. The van der Waals surface area contributed by atoms with E-state index in [0.29, 0.717) is 38.6 Å². The molecule has 0 aromatic carbocycles. The Balaban J connectivity index is 2.06. The number of hydrogen-bond acceptors (Lipinski definition) is 5. The van der Waals surface area contributed by atoms with E-state index in [0.717, 1.165) is 11.3 Å². The average molecular weight is 285 g/mol. The van der Waals surface area contributed by atoms with Crippen LogP contribution in [0.2, 0.25) is 0 Å². The second kappa shape index (κ2) is 9.52. The van der Waals surface area contributed by atoms with Crippen LogP contribution in [0, 0.1) is 13.8 Å². The summed E-state index contributed by atoms with van der Waals surface area (Å²) in [6, 6.07) is 0. The fourth-order valence-electron chi connectivity index (χ4n) is 1.70. The first-order valence-electron chi connectivity index (χ1n) is 6.63. The summed E-state index contributed by atoms with van der Waals surface area (Å²) in [6.45, 7) is 6.43. The van der Waals surface area contributed by atoms with E-state index in [1.807, 2.05) is 13.8 Å². The molecule has 0 aliphatic carbocycles. The van der Waals surface area contributed by atoms with Gasteiger partial charge in [0.15, 0.2) is 0 Å². The quantitative estimate of drug-likeness (QED) is 0.521. The molecular weight excluding hydrogens is 262 g/mol. The van der Waals surface area contributed by atoms with Crippen LogP contribution in [0.5, 0.6) is 0 Å². The monoisotopic (exact) mass is 285 g/mol. The van der Waals surface area contributed by atoms with Crippen LogP contribution in [0.3, 0.4) is 0 Å². The summed E-state index contributed by atoms with van der Waals surface area (Å²) in [6.07, 6.45) is 1.79. The van der Waals surface area contributed by atoms with Gasteiger partial charge in [-0.15, -0.1) is 0 Å². The maximum atomic E-state index is 11.8. The minimum absolute atomic E-state index is 0.237. The van der Waals surface area contributed by atoms with E-state index >= 15 is 0 Å². The van der Waals surface area contributed by atoms with Crippen molar-refractivity contribution in [3.63, 3.8) is 0 Å². The highest BCUT2D eigenvalue weighted by molar-refractivity contribution is 5.92. The molecule has 0 aliphatic heterocycles. The third kappa shape index (κ3) is 5.73. The zero-order chi connectivity index (χ0) is 14.8. The lowest BCUT2D eigenvalue weighted by Gasteiger charge is -2.07. The van der Waals surface area contributed by atoms with Crippen molar-refractivity contribution in [2.45, 2.75) is 13.8 Å². The highest BCUT2D eigenvalue weighted by atomic mass is 16.6. The SMILES string of the molecule is COCCOCCOCCOC(=O)c1c(C)c[nH]c1C. The van der Waals surface area contributed by atoms with Gasteiger partial charge in [0.05, 0.1) is 38.6 Å². The van der Waals surface area contributed by atoms with Crippen LogP contribution in [0.4, 0.5) is 0 Å². The van der Waals surface area contributed by atoms with Crippen molar-refractivity contribution < 1.29 is 23.7 Å². The second-order valence-electron chi connectivity index (χ2n) is 4.33. The molecule has 0 radical (unpaired) electrons. The van der Waals surface area contributed by atoms with Crippen molar-refractivity contribution in [3.8, 4) is 0 Å². The van der Waals surface area contributed by atoms with Crippen LogP contribution in [0.15, 0.2) is 6.20 Å². The molecule has 0 atom stereocenters. The first-order chi connectivity index (χ1) is 9.66. The van der Waals surface area contributed by atoms with Gasteiger partial charge in [0.2, 0.25) is 0 Å². The van der Waals surface area contributed by atoms with Gasteiger partial charge >= 0.3 is 5.97 Å².